The van der Waals surface area contributed by atoms with Gasteiger partial charge in [-0.05, 0) is 81.2 Å². The first kappa shape index (κ1) is 31.2. The zero-order valence-electron chi connectivity index (χ0n) is 29.7. The summed E-state index contributed by atoms with van der Waals surface area (Å²) < 4.78 is 18.1. The minimum atomic E-state index is -0.276. The Balaban J connectivity index is 1.13. The van der Waals surface area contributed by atoms with E-state index in [9.17, 15) is 0 Å². The summed E-state index contributed by atoms with van der Waals surface area (Å²) in [5.41, 5.74) is 8.96. The minimum absolute atomic E-state index is 0.276. The Hall–Kier alpha value is -7.30. The van der Waals surface area contributed by atoms with Crippen molar-refractivity contribution in [2.45, 2.75) is 0 Å². The number of rotatable bonds is 6. The topological polar surface area (TPSA) is 21.1 Å². The molecule has 0 aliphatic heterocycles. The second kappa shape index (κ2) is 12.4. The van der Waals surface area contributed by atoms with Gasteiger partial charge in [-0.1, -0.05) is 140 Å². The van der Waals surface area contributed by atoms with Crippen LogP contribution in [0.4, 0.5) is 21.5 Å². The predicted octanol–water partition coefficient (Wildman–Crippen LogP) is 14.0. The van der Waals surface area contributed by atoms with Crippen molar-refractivity contribution in [3.63, 3.8) is 0 Å². The van der Waals surface area contributed by atoms with Crippen molar-refractivity contribution in [3.8, 4) is 5.69 Å². The summed E-state index contributed by atoms with van der Waals surface area (Å²) in [7, 11) is 0. The first-order valence-corrected chi connectivity index (χ1v) is 18.6. The molecule has 0 amide bonds. The molecule has 0 radical (unpaired) electrons. The fourth-order valence-electron chi connectivity index (χ4n) is 8.65. The maximum absolute atomic E-state index is 15.8. The second-order valence-electron chi connectivity index (χ2n) is 14.1. The van der Waals surface area contributed by atoms with Crippen molar-refractivity contribution in [1.29, 1.82) is 0 Å². The van der Waals surface area contributed by atoms with Crippen LogP contribution in [-0.2, 0) is 0 Å². The lowest BCUT2D eigenvalue weighted by Crippen LogP contribution is -2.13. The van der Waals surface area contributed by atoms with Crippen LogP contribution in [0, 0.1) is 5.82 Å². The molecule has 0 N–H and O–H groups in total. The lowest BCUT2D eigenvalue weighted by Gasteiger charge is -2.29. The van der Waals surface area contributed by atoms with Gasteiger partial charge in [-0.3, -0.25) is 4.98 Å². The highest BCUT2D eigenvalue weighted by molar-refractivity contribution is 6.26. The van der Waals surface area contributed by atoms with Gasteiger partial charge in [-0.25, -0.2) is 4.39 Å². The normalized spacial score (nSPS) is 12.0. The summed E-state index contributed by atoms with van der Waals surface area (Å²) in [5.74, 6) is -0.276. The lowest BCUT2D eigenvalue weighted by atomic mass is 9.92. The highest BCUT2D eigenvalue weighted by Gasteiger charge is 2.23. The minimum Gasteiger partial charge on any atom is -0.308 e. The van der Waals surface area contributed by atoms with Crippen LogP contribution in [0.3, 0.4) is 0 Å². The molecule has 2 heterocycles. The summed E-state index contributed by atoms with van der Waals surface area (Å²) in [6.45, 7) is 0. The third-order valence-corrected chi connectivity index (χ3v) is 11.0. The number of fused-ring (bicyclic) bond motifs is 3. The van der Waals surface area contributed by atoms with E-state index in [0.29, 0.717) is 5.69 Å². The lowest BCUT2D eigenvalue weighted by molar-refractivity contribution is 0.629. The SMILES string of the molecule is Fc1ccccc1N(c1ccccc1)c1c2ccccc2c(/C=C/c2ccc3c4c2ccc2cccc(c24)n3-c2cnc3ccccc3c2)c2ccccc12. The number of hydrogen-bond acceptors (Lipinski definition) is 2. The van der Waals surface area contributed by atoms with Crippen molar-refractivity contribution >= 4 is 94.2 Å². The number of hydrogen-bond donors (Lipinski definition) is 0. The van der Waals surface area contributed by atoms with E-state index in [0.717, 1.165) is 66.2 Å². The molecule has 0 bridgehead atoms. The van der Waals surface area contributed by atoms with Crippen molar-refractivity contribution in [2.75, 3.05) is 4.90 Å². The van der Waals surface area contributed by atoms with E-state index in [-0.39, 0.29) is 5.82 Å². The Labute approximate surface area is 316 Å². The third kappa shape index (κ3) is 4.85. The molecule has 0 spiro atoms. The molecule has 0 saturated heterocycles. The molecule has 0 atom stereocenters. The summed E-state index contributed by atoms with van der Waals surface area (Å²) in [6.07, 6.45) is 6.50. The Morgan fingerprint density at radius 3 is 1.98 bits per heavy atom. The Morgan fingerprint density at radius 2 is 1.18 bits per heavy atom. The van der Waals surface area contributed by atoms with Crippen LogP contribution >= 0.6 is 0 Å². The molecule has 55 heavy (non-hydrogen) atoms. The molecule has 11 rings (SSSR count). The van der Waals surface area contributed by atoms with E-state index in [1.165, 1.54) is 33.1 Å². The molecular weight excluding hydrogens is 674 g/mol. The molecule has 0 unspecified atom stereocenters. The third-order valence-electron chi connectivity index (χ3n) is 11.0. The number of nitrogens with zero attached hydrogens (tertiary/aromatic N) is 3. The summed E-state index contributed by atoms with van der Waals surface area (Å²) in [5, 5.41) is 10.3. The molecule has 0 aliphatic rings. The quantitative estimate of drug-likeness (QED) is 0.0975. The zero-order chi connectivity index (χ0) is 36.5. The molecule has 11 aromatic rings. The molecule has 0 aliphatic carbocycles. The predicted molar refractivity (Wildman–Crippen MR) is 230 cm³/mol. The number of benzene rings is 9. The Kier molecular flexibility index (Phi) is 7.04. The highest BCUT2D eigenvalue weighted by Crippen LogP contribution is 2.47. The number of halogens is 1. The Morgan fingerprint density at radius 1 is 0.509 bits per heavy atom. The van der Waals surface area contributed by atoms with Crippen LogP contribution in [0.1, 0.15) is 11.1 Å². The van der Waals surface area contributed by atoms with Gasteiger partial charge in [0.2, 0.25) is 0 Å². The Bertz CT molecular complexity index is 3230. The van der Waals surface area contributed by atoms with Crippen LogP contribution < -0.4 is 4.90 Å². The number of aromatic nitrogens is 2. The molecule has 2 aromatic heterocycles. The number of anilines is 3. The standard InChI is InChI=1S/C51H32FN3/c52-44-21-9-11-23-46(44)55(36-15-2-1-3-16-36)51-42-19-7-5-17-39(42)41(40-18-6-8-20-43(40)51)29-25-33-27-30-48-50-38(33)28-26-34-14-12-24-47(49(34)50)54(48)37-31-35-13-4-10-22-45(35)53-32-37/h1-32H/b29-25+. The zero-order valence-corrected chi connectivity index (χ0v) is 29.7. The van der Waals surface area contributed by atoms with Crippen LogP contribution in [0.25, 0.3) is 82.9 Å². The van der Waals surface area contributed by atoms with E-state index in [4.69, 9.17) is 4.98 Å². The van der Waals surface area contributed by atoms with Crippen LogP contribution in [0.15, 0.2) is 182 Å². The average molecular weight is 706 g/mol. The highest BCUT2D eigenvalue weighted by atomic mass is 19.1. The summed E-state index contributed by atoms with van der Waals surface area (Å²) >= 11 is 0. The van der Waals surface area contributed by atoms with E-state index >= 15 is 4.39 Å². The maximum Gasteiger partial charge on any atom is 0.147 e. The molecule has 0 fully saturated rings. The van der Waals surface area contributed by atoms with Crippen molar-refractivity contribution in [2.24, 2.45) is 0 Å². The second-order valence-corrected chi connectivity index (χ2v) is 14.1. The van der Waals surface area contributed by atoms with Gasteiger partial charge in [0.1, 0.15) is 5.82 Å². The molecule has 9 aromatic carbocycles. The smallest absolute Gasteiger partial charge is 0.147 e. The van der Waals surface area contributed by atoms with E-state index in [1.54, 1.807) is 6.07 Å². The molecule has 4 heteroatoms. The maximum atomic E-state index is 15.8. The van der Waals surface area contributed by atoms with Crippen LogP contribution in [-0.4, -0.2) is 9.55 Å². The first-order valence-electron chi connectivity index (χ1n) is 18.6. The van der Waals surface area contributed by atoms with Gasteiger partial charge in [0.25, 0.3) is 0 Å². The van der Waals surface area contributed by atoms with E-state index in [1.807, 2.05) is 54.7 Å². The van der Waals surface area contributed by atoms with Gasteiger partial charge in [0.15, 0.2) is 0 Å². The summed E-state index contributed by atoms with van der Waals surface area (Å²) in [4.78, 5) is 6.89. The fraction of sp³-hybridized carbons (Fsp3) is 0. The largest absolute Gasteiger partial charge is 0.308 e. The van der Waals surface area contributed by atoms with E-state index < -0.39 is 0 Å². The molecule has 3 nitrogen and oxygen atoms in total. The van der Waals surface area contributed by atoms with Gasteiger partial charge in [0, 0.05) is 32.6 Å². The van der Waals surface area contributed by atoms with Crippen LogP contribution in [0.5, 0.6) is 0 Å². The van der Waals surface area contributed by atoms with Crippen molar-refractivity contribution in [3.05, 3.63) is 199 Å². The van der Waals surface area contributed by atoms with Gasteiger partial charge in [-0.15, -0.1) is 0 Å². The first-order chi connectivity index (χ1) is 27.2. The number of para-hydroxylation sites is 3. The number of pyridine rings is 1. The molecule has 0 saturated carbocycles. The van der Waals surface area contributed by atoms with Gasteiger partial charge in [-0.2, -0.15) is 0 Å². The summed E-state index contributed by atoms with van der Waals surface area (Å²) in [6, 6.07) is 60.1. The van der Waals surface area contributed by atoms with Crippen LogP contribution in [0.2, 0.25) is 0 Å². The van der Waals surface area contributed by atoms with Gasteiger partial charge < -0.3 is 9.47 Å². The van der Waals surface area contributed by atoms with Crippen molar-refractivity contribution in [1.82, 2.24) is 9.55 Å². The van der Waals surface area contributed by atoms with Crippen molar-refractivity contribution < 1.29 is 4.39 Å². The fourth-order valence-corrected chi connectivity index (χ4v) is 8.65. The monoisotopic (exact) mass is 705 g/mol. The average Bonchev–Trinajstić information content (AvgIpc) is 3.59. The van der Waals surface area contributed by atoms with Gasteiger partial charge in [0.05, 0.1) is 39.8 Å². The molecule has 258 valence electrons. The molecular formula is C51H32FN3. The van der Waals surface area contributed by atoms with E-state index in [2.05, 4.69) is 137 Å². The van der Waals surface area contributed by atoms with Gasteiger partial charge >= 0.3 is 0 Å².